The second kappa shape index (κ2) is 27.5. The van der Waals surface area contributed by atoms with Crippen LogP contribution in [0.1, 0.15) is 0 Å². The molecule has 10 heteroatoms. The minimum atomic E-state index is 0.636. The number of para-hydroxylation sites is 6. The predicted molar refractivity (Wildman–Crippen MR) is 457 cm³/mol. The van der Waals surface area contributed by atoms with Crippen molar-refractivity contribution < 1.29 is 8.83 Å². The van der Waals surface area contributed by atoms with Gasteiger partial charge in [-0.05, 0) is 112 Å². The van der Waals surface area contributed by atoms with Gasteiger partial charge in [-0.2, -0.15) is 0 Å². The fourth-order valence-electron chi connectivity index (χ4n) is 15.9. The van der Waals surface area contributed by atoms with Crippen molar-refractivity contribution in [1.29, 1.82) is 0 Å². The quantitative estimate of drug-likeness (QED) is 0.119. The molecule has 0 aliphatic carbocycles. The summed E-state index contributed by atoms with van der Waals surface area (Å²) in [6.45, 7) is 0. The summed E-state index contributed by atoms with van der Waals surface area (Å²) in [6, 6.07) is 135. The molecule has 0 unspecified atom stereocenters. The molecule has 0 aliphatic rings. The highest BCUT2D eigenvalue weighted by molar-refractivity contribution is 6.15. The van der Waals surface area contributed by atoms with E-state index in [0.29, 0.717) is 34.9 Å². The van der Waals surface area contributed by atoms with Gasteiger partial charge in [-0.25, -0.2) is 29.9 Å². The maximum Gasteiger partial charge on any atom is 0.164 e. The summed E-state index contributed by atoms with van der Waals surface area (Å²) < 4.78 is 17.6. The van der Waals surface area contributed by atoms with Crippen molar-refractivity contribution in [2.45, 2.75) is 0 Å². The highest BCUT2D eigenvalue weighted by atomic mass is 16.3. The van der Waals surface area contributed by atoms with Crippen molar-refractivity contribution in [3.05, 3.63) is 388 Å². The SMILES string of the molecule is c1ccc(-c2nc(-c3ccccc3)nc(-c3ccc(-c4cccc(-n5c6ccccc6c6cc(-c7cccc8c7oc7ccccc78)ccc65)c4)cc3)n2)cc1.c1ccc(-c2nc(-c3ccccc3)nc(-c3cccc(-c4ccc(-n5c6ccccc6c6cc(-c7cccc8c7oc7ccccc78)ccc65)cc4)c3)n2)cc1. The van der Waals surface area contributed by atoms with Gasteiger partial charge < -0.3 is 18.0 Å². The van der Waals surface area contributed by atoms with Crippen LogP contribution >= 0.6 is 0 Å². The molecular weight excluding hydrogens is 1370 g/mol. The smallest absolute Gasteiger partial charge is 0.164 e. The number of fused-ring (bicyclic) bond motifs is 12. The molecule has 0 aliphatic heterocycles. The van der Waals surface area contributed by atoms with E-state index in [1.165, 1.54) is 21.5 Å². The van der Waals surface area contributed by atoms with Crippen LogP contribution in [0, 0.1) is 0 Å². The van der Waals surface area contributed by atoms with Gasteiger partial charge in [0, 0.05) is 99.0 Å². The fraction of sp³-hybridized carbons (Fsp3) is 0. The molecule has 0 spiro atoms. The summed E-state index contributed by atoms with van der Waals surface area (Å²) in [5.41, 5.74) is 25.0. The zero-order valence-corrected chi connectivity index (χ0v) is 60.3. The lowest BCUT2D eigenvalue weighted by Crippen LogP contribution is -2.00. The van der Waals surface area contributed by atoms with Crippen LogP contribution < -0.4 is 0 Å². The number of benzene rings is 16. The molecule has 22 rings (SSSR count). The standard InChI is InChI=1S/2C51H32N4O/c1-3-13-34(14-4-1)49-52-50(35-15-5-2-6-16-35)54-51(53-49)38-18-11-17-36(31-38)33-25-28-39(29-26-33)55-45-23-9-7-19-41(45)44-32-37(27-30-46(44)55)40-21-12-22-43-42-20-8-10-24-47(42)56-48(40)43;1-3-13-34(14-4-1)49-52-50(35-15-5-2-6-16-35)54-51(53-49)36-27-25-33(26-28-36)37-17-11-18-39(31-37)55-45-23-9-7-19-41(45)44-32-38(29-30-46(44)55)40-21-12-22-43-42-20-8-10-24-47(42)56-48(40)43/h2*1-32H. The fourth-order valence-corrected chi connectivity index (χ4v) is 15.9. The molecule has 0 bridgehead atoms. The Morgan fingerprint density at radius 1 is 0.170 bits per heavy atom. The zero-order valence-electron chi connectivity index (χ0n) is 60.3. The largest absolute Gasteiger partial charge is 0.455 e. The molecular formula is C102H64N8O2. The first-order valence-corrected chi connectivity index (χ1v) is 37.5. The van der Waals surface area contributed by atoms with E-state index >= 15 is 0 Å². The Morgan fingerprint density at radius 3 is 0.929 bits per heavy atom. The van der Waals surface area contributed by atoms with Crippen molar-refractivity contribution in [3.63, 3.8) is 0 Å². The summed E-state index contributed by atoms with van der Waals surface area (Å²) in [5, 5.41) is 9.35. The van der Waals surface area contributed by atoms with E-state index in [1.807, 2.05) is 146 Å². The first kappa shape index (κ1) is 65.1. The molecule has 0 fully saturated rings. The maximum absolute atomic E-state index is 6.43. The zero-order chi connectivity index (χ0) is 74.0. The topological polar surface area (TPSA) is 113 Å². The Balaban J connectivity index is 0.000000141. The normalized spacial score (nSPS) is 11.6. The molecule has 0 atom stereocenters. The van der Waals surface area contributed by atoms with Crippen molar-refractivity contribution in [2.75, 3.05) is 0 Å². The van der Waals surface area contributed by atoms with Crippen molar-refractivity contribution in [2.24, 2.45) is 0 Å². The summed E-state index contributed by atoms with van der Waals surface area (Å²) in [5.74, 6) is 3.87. The highest BCUT2D eigenvalue weighted by Gasteiger charge is 2.22. The van der Waals surface area contributed by atoms with Gasteiger partial charge in [-0.1, -0.05) is 309 Å². The molecule has 10 nitrogen and oxygen atoms in total. The summed E-state index contributed by atoms with van der Waals surface area (Å²) in [7, 11) is 0. The Morgan fingerprint density at radius 2 is 0.473 bits per heavy atom. The van der Waals surface area contributed by atoms with E-state index in [-0.39, 0.29) is 0 Å². The Kier molecular flexibility index (Phi) is 16.0. The molecule has 0 saturated heterocycles. The molecule has 524 valence electrons. The molecule has 16 aromatic carbocycles. The summed E-state index contributed by atoms with van der Waals surface area (Å²) in [4.78, 5) is 29.5. The van der Waals surface area contributed by atoms with E-state index < -0.39 is 0 Å². The van der Waals surface area contributed by atoms with Gasteiger partial charge >= 0.3 is 0 Å². The summed E-state index contributed by atoms with van der Waals surface area (Å²) >= 11 is 0. The van der Waals surface area contributed by atoms with Crippen molar-refractivity contribution in [3.8, 4) is 124 Å². The number of hydrogen-bond acceptors (Lipinski definition) is 8. The second-order valence-corrected chi connectivity index (χ2v) is 28.1. The first-order chi connectivity index (χ1) is 55.5. The number of aromatic nitrogens is 8. The average Bonchev–Trinajstić information content (AvgIpc) is 1.04. The Hall–Kier alpha value is -15.3. The lowest BCUT2D eigenvalue weighted by molar-refractivity contribution is 0.669. The number of hydrogen-bond donors (Lipinski definition) is 0. The van der Waals surface area contributed by atoms with E-state index in [1.54, 1.807) is 0 Å². The molecule has 6 heterocycles. The molecule has 0 saturated carbocycles. The van der Waals surface area contributed by atoms with Crippen molar-refractivity contribution >= 4 is 87.5 Å². The van der Waals surface area contributed by atoms with Gasteiger partial charge in [0.15, 0.2) is 34.9 Å². The van der Waals surface area contributed by atoms with Gasteiger partial charge in [-0.3, -0.25) is 0 Å². The molecule has 0 amide bonds. The molecule has 22 aromatic rings. The van der Waals surface area contributed by atoms with Crippen molar-refractivity contribution in [1.82, 2.24) is 39.0 Å². The van der Waals surface area contributed by atoms with Crippen LogP contribution in [0.2, 0.25) is 0 Å². The lowest BCUT2D eigenvalue weighted by atomic mass is 10.0. The van der Waals surface area contributed by atoms with Crippen LogP contribution in [0.5, 0.6) is 0 Å². The second-order valence-electron chi connectivity index (χ2n) is 28.1. The number of rotatable bonds is 12. The Labute approximate surface area is 643 Å². The van der Waals surface area contributed by atoms with E-state index in [0.717, 1.165) is 155 Å². The number of furan rings is 2. The molecule has 6 aromatic heterocycles. The highest BCUT2D eigenvalue weighted by Crippen LogP contribution is 2.43. The Bertz CT molecular complexity index is 7240. The maximum atomic E-state index is 6.43. The third-order valence-corrected chi connectivity index (χ3v) is 21.3. The van der Waals surface area contributed by atoms with E-state index in [2.05, 4.69) is 252 Å². The third kappa shape index (κ3) is 11.7. The molecule has 0 N–H and O–H groups in total. The minimum Gasteiger partial charge on any atom is -0.455 e. The lowest BCUT2D eigenvalue weighted by Gasteiger charge is -2.11. The van der Waals surface area contributed by atoms with Crippen LogP contribution in [0.15, 0.2) is 397 Å². The first-order valence-electron chi connectivity index (χ1n) is 37.5. The molecule has 112 heavy (non-hydrogen) atoms. The van der Waals surface area contributed by atoms with Crippen LogP contribution in [0.4, 0.5) is 0 Å². The monoisotopic (exact) mass is 1430 g/mol. The number of nitrogens with zero attached hydrogens (tertiary/aromatic N) is 8. The summed E-state index contributed by atoms with van der Waals surface area (Å²) in [6.07, 6.45) is 0. The van der Waals surface area contributed by atoms with Crippen LogP contribution in [-0.4, -0.2) is 39.0 Å². The third-order valence-electron chi connectivity index (χ3n) is 21.3. The van der Waals surface area contributed by atoms with E-state index in [4.69, 9.17) is 38.7 Å². The van der Waals surface area contributed by atoms with Gasteiger partial charge in [0.2, 0.25) is 0 Å². The molecule has 0 radical (unpaired) electrons. The van der Waals surface area contributed by atoms with Crippen LogP contribution in [0.25, 0.3) is 212 Å². The van der Waals surface area contributed by atoms with Crippen LogP contribution in [-0.2, 0) is 0 Å². The van der Waals surface area contributed by atoms with Gasteiger partial charge in [0.25, 0.3) is 0 Å². The minimum absolute atomic E-state index is 0.636. The van der Waals surface area contributed by atoms with E-state index in [9.17, 15) is 0 Å². The van der Waals surface area contributed by atoms with Gasteiger partial charge in [0.1, 0.15) is 22.3 Å². The van der Waals surface area contributed by atoms with Crippen LogP contribution in [0.3, 0.4) is 0 Å². The van der Waals surface area contributed by atoms with Gasteiger partial charge in [0.05, 0.1) is 22.1 Å². The predicted octanol–water partition coefficient (Wildman–Crippen LogP) is 26.4. The van der Waals surface area contributed by atoms with Gasteiger partial charge in [-0.15, -0.1) is 0 Å². The average molecular weight is 1430 g/mol.